The fraction of sp³-hybridized carbons (Fsp3) is 0.176. The van der Waals surface area contributed by atoms with E-state index in [9.17, 15) is 19.7 Å². The molecule has 1 unspecified atom stereocenters. The topological polar surface area (TPSA) is 101 Å². The summed E-state index contributed by atoms with van der Waals surface area (Å²) in [5, 5.41) is 16.0. The summed E-state index contributed by atoms with van der Waals surface area (Å²) in [6, 6.07) is 9.88. The summed E-state index contributed by atoms with van der Waals surface area (Å²) in [5.41, 5.74) is 1.51. The van der Waals surface area contributed by atoms with Gasteiger partial charge < -0.3 is 10.6 Å². The first kappa shape index (κ1) is 18.6. The molecule has 25 heavy (non-hydrogen) atoms. The molecule has 0 radical (unpaired) electrons. The molecule has 0 aliphatic heterocycles. The molecule has 0 bridgehead atoms. The molecule has 7 nitrogen and oxygen atoms in total. The number of halogens is 1. The van der Waals surface area contributed by atoms with Gasteiger partial charge >= 0.3 is 0 Å². The monoisotopic (exact) mass is 405 g/mol. The predicted molar refractivity (Wildman–Crippen MR) is 97.5 cm³/mol. The molecular weight excluding hydrogens is 390 g/mol. The van der Waals surface area contributed by atoms with Crippen LogP contribution in [0, 0.1) is 17.0 Å². The average molecular weight is 406 g/mol. The van der Waals surface area contributed by atoms with E-state index in [0.29, 0.717) is 5.69 Å². The zero-order valence-electron chi connectivity index (χ0n) is 13.6. The van der Waals surface area contributed by atoms with Gasteiger partial charge in [-0.1, -0.05) is 22.0 Å². The summed E-state index contributed by atoms with van der Waals surface area (Å²) in [6.07, 6.45) is 0. The predicted octanol–water partition coefficient (Wildman–Crippen LogP) is 3.42. The smallest absolute Gasteiger partial charge is 0.270 e. The molecular formula is C17H16BrN3O4. The van der Waals surface area contributed by atoms with Crippen LogP contribution in [0.25, 0.3) is 0 Å². The molecule has 2 rings (SSSR count). The van der Waals surface area contributed by atoms with Gasteiger partial charge in [0, 0.05) is 27.9 Å². The van der Waals surface area contributed by atoms with Crippen molar-refractivity contribution in [1.29, 1.82) is 0 Å². The van der Waals surface area contributed by atoms with Crippen molar-refractivity contribution >= 4 is 39.1 Å². The fourth-order valence-corrected chi connectivity index (χ4v) is 2.33. The fourth-order valence-electron chi connectivity index (χ4n) is 2.08. The van der Waals surface area contributed by atoms with Crippen molar-refractivity contribution < 1.29 is 14.5 Å². The SMILES string of the molecule is Cc1cc(NC(=O)C(C)NC(=O)c2cccc([N+](=O)[O-])c2)ccc1Br. The first-order valence-electron chi connectivity index (χ1n) is 7.40. The van der Waals surface area contributed by atoms with E-state index >= 15 is 0 Å². The Labute approximate surface area is 152 Å². The van der Waals surface area contributed by atoms with Crippen molar-refractivity contribution in [2.75, 3.05) is 5.32 Å². The van der Waals surface area contributed by atoms with Gasteiger partial charge in [-0.2, -0.15) is 0 Å². The number of rotatable bonds is 5. The Kier molecular flexibility index (Phi) is 5.87. The number of carbonyl (C=O) groups is 2. The number of hydrogen-bond donors (Lipinski definition) is 2. The van der Waals surface area contributed by atoms with E-state index in [4.69, 9.17) is 0 Å². The zero-order chi connectivity index (χ0) is 18.6. The Balaban J connectivity index is 2.02. The summed E-state index contributed by atoms with van der Waals surface area (Å²) in [4.78, 5) is 34.6. The van der Waals surface area contributed by atoms with Crippen LogP contribution in [-0.4, -0.2) is 22.8 Å². The van der Waals surface area contributed by atoms with Crippen LogP contribution in [0.15, 0.2) is 46.9 Å². The molecule has 0 spiro atoms. The first-order chi connectivity index (χ1) is 11.8. The Morgan fingerprint density at radius 3 is 2.56 bits per heavy atom. The lowest BCUT2D eigenvalue weighted by Crippen LogP contribution is -2.41. The molecule has 0 aliphatic rings. The van der Waals surface area contributed by atoms with Crippen LogP contribution in [0.5, 0.6) is 0 Å². The number of aryl methyl sites for hydroxylation is 1. The number of benzene rings is 2. The van der Waals surface area contributed by atoms with Gasteiger partial charge in [-0.05, 0) is 43.7 Å². The molecule has 0 heterocycles. The maximum Gasteiger partial charge on any atom is 0.270 e. The summed E-state index contributed by atoms with van der Waals surface area (Å²) in [5.74, 6) is -0.946. The summed E-state index contributed by atoms with van der Waals surface area (Å²) < 4.78 is 0.928. The molecule has 130 valence electrons. The van der Waals surface area contributed by atoms with Gasteiger partial charge in [0.1, 0.15) is 6.04 Å². The minimum Gasteiger partial charge on any atom is -0.341 e. The number of anilines is 1. The number of carbonyl (C=O) groups excluding carboxylic acids is 2. The van der Waals surface area contributed by atoms with Gasteiger partial charge in [0.25, 0.3) is 11.6 Å². The van der Waals surface area contributed by atoms with Gasteiger partial charge in [0.2, 0.25) is 5.91 Å². The number of nitrogens with zero attached hydrogens (tertiary/aromatic N) is 1. The van der Waals surface area contributed by atoms with E-state index in [1.807, 2.05) is 13.0 Å². The first-order valence-corrected chi connectivity index (χ1v) is 8.19. The molecule has 2 N–H and O–H groups in total. The summed E-state index contributed by atoms with van der Waals surface area (Å²) in [6.45, 7) is 3.43. The minimum atomic E-state index is -0.810. The molecule has 2 aromatic rings. The lowest BCUT2D eigenvalue weighted by Gasteiger charge is -2.14. The number of amides is 2. The second kappa shape index (κ2) is 7.89. The molecule has 2 aromatic carbocycles. The van der Waals surface area contributed by atoms with Crippen LogP contribution in [0.3, 0.4) is 0 Å². The number of nitrogens with one attached hydrogen (secondary N) is 2. The van der Waals surface area contributed by atoms with Crippen molar-refractivity contribution in [2.45, 2.75) is 19.9 Å². The van der Waals surface area contributed by atoms with Crippen molar-refractivity contribution in [3.05, 3.63) is 68.2 Å². The van der Waals surface area contributed by atoms with E-state index < -0.39 is 16.9 Å². The highest BCUT2D eigenvalue weighted by molar-refractivity contribution is 9.10. The zero-order valence-corrected chi connectivity index (χ0v) is 15.2. The molecule has 8 heteroatoms. The Bertz CT molecular complexity index is 838. The highest BCUT2D eigenvalue weighted by Gasteiger charge is 2.18. The largest absolute Gasteiger partial charge is 0.341 e. The van der Waals surface area contributed by atoms with Gasteiger partial charge in [0.05, 0.1) is 4.92 Å². The maximum absolute atomic E-state index is 12.2. The number of nitro groups is 1. The molecule has 0 saturated heterocycles. The Morgan fingerprint density at radius 1 is 1.20 bits per heavy atom. The van der Waals surface area contributed by atoms with Gasteiger partial charge in [0.15, 0.2) is 0 Å². The van der Waals surface area contributed by atoms with E-state index in [1.165, 1.54) is 25.1 Å². The van der Waals surface area contributed by atoms with Crippen molar-refractivity contribution in [3.8, 4) is 0 Å². The Hall–Kier alpha value is -2.74. The van der Waals surface area contributed by atoms with Crippen LogP contribution in [0.2, 0.25) is 0 Å². The number of non-ortho nitro benzene ring substituents is 1. The van der Waals surface area contributed by atoms with Crippen molar-refractivity contribution in [2.24, 2.45) is 0 Å². The van der Waals surface area contributed by atoms with Crippen molar-refractivity contribution in [3.63, 3.8) is 0 Å². The molecule has 0 aromatic heterocycles. The lowest BCUT2D eigenvalue weighted by molar-refractivity contribution is -0.384. The standard InChI is InChI=1S/C17H16BrN3O4/c1-10-8-13(6-7-15(10)18)20-16(22)11(2)19-17(23)12-4-3-5-14(9-12)21(24)25/h3-9,11H,1-2H3,(H,19,23)(H,20,22). The molecule has 0 fully saturated rings. The maximum atomic E-state index is 12.2. The van der Waals surface area contributed by atoms with Crippen molar-refractivity contribution in [1.82, 2.24) is 5.32 Å². The van der Waals surface area contributed by atoms with Gasteiger partial charge in [-0.3, -0.25) is 19.7 Å². The van der Waals surface area contributed by atoms with E-state index in [-0.39, 0.29) is 17.2 Å². The van der Waals surface area contributed by atoms with Gasteiger partial charge in [-0.25, -0.2) is 0 Å². The van der Waals surface area contributed by atoms with Crippen LogP contribution in [0.1, 0.15) is 22.8 Å². The van der Waals surface area contributed by atoms with Crippen LogP contribution < -0.4 is 10.6 Å². The lowest BCUT2D eigenvalue weighted by atomic mass is 10.1. The third-order valence-electron chi connectivity index (χ3n) is 3.49. The van der Waals surface area contributed by atoms with Crippen LogP contribution in [0.4, 0.5) is 11.4 Å². The highest BCUT2D eigenvalue weighted by atomic mass is 79.9. The van der Waals surface area contributed by atoms with Crippen LogP contribution >= 0.6 is 15.9 Å². The minimum absolute atomic E-state index is 0.119. The quantitative estimate of drug-likeness (QED) is 0.587. The summed E-state index contributed by atoms with van der Waals surface area (Å²) >= 11 is 3.38. The third kappa shape index (κ3) is 4.87. The second-order valence-electron chi connectivity index (χ2n) is 5.46. The molecule has 0 aliphatic carbocycles. The van der Waals surface area contributed by atoms with E-state index in [2.05, 4.69) is 26.6 Å². The van der Waals surface area contributed by atoms with E-state index in [1.54, 1.807) is 12.1 Å². The second-order valence-corrected chi connectivity index (χ2v) is 6.31. The Morgan fingerprint density at radius 2 is 1.92 bits per heavy atom. The highest BCUT2D eigenvalue weighted by Crippen LogP contribution is 2.20. The number of hydrogen-bond acceptors (Lipinski definition) is 4. The average Bonchev–Trinajstić information content (AvgIpc) is 2.58. The normalized spacial score (nSPS) is 11.5. The molecule has 0 saturated carbocycles. The van der Waals surface area contributed by atoms with E-state index in [0.717, 1.165) is 16.1 Å². The molecule has 2 amide bonds. The number of nitro benzene ring substituents is 1. The molecule has 1 atom stereocenters. The van der Waals surface area contributed by atoms with Crippen LogP contribution in [-0.2, 0) is 4.79 Å². The third-order valence-corrected chi connectivity index (χ3v) is 4.38. The summed E-state index contributed by atoms with van der Waals surface area (Å²) in [7, 11) is 0. The van der Waals surface area contributed by atoms with Gasteiger partial charge in [-0.15, -0.1) is 0 Å².